The van der Waals surface area contributed by atoms with Crippen LogP contribution >= 0.6 is 11.6 Å². The van der Waals surface area contributed by atoms with Gasteiger partial charge in [-0.15, -0.1) is 0 Å². The average molecular weight is 288 g/mol. The lowest BCUT2D eigenvalue weighted by atomic mass is 10.0. The number of nitrogen functional groups attached to an aromatic ring is 1. The fourth-order valence-corrected chi connectivity index (χ4v) is 2.41. The quantitative estimate of drug-likeness (QED) is 0.788. The Bertz CT molecular complexity index is 772. The number of imidazole rings is 1. The van der Waals surface area contributed by atoms with Gasteiger partial charge in [0.15, 0.2) is 0 Å². The van der Waals surface area contributed by atoms with Crippen LogP contribution in [0.4, 0.5) is 5.82 Å². The fourth-order valence-electron chi connectivity index (χ4n) is 2.18. The van der Waals surface area contributed by atoms with Crippen LogP contribution < -0.4 is 5.73 Å². The van der Waals surface area contributed by atoms with Crippen LogP contribution in [0, 0.1) is 0 Å². The van der Waals surface area contributed by atoms with Crippen LogP contribution in [-0.4, -0.2) is 19.3 Å². The van der Waals surface area contributed by atoms with Crippen LogP contribution in [0.25, 0.3) is 22.5 Å². The highest BCUT2D eigenvalue weighted by atomic mass is 35.5. The maximum absolute atomic E-state index is 6.29. The molecule has 0 bridgehead atoms. The number of rotatable bonds is 2. The molecule has 0 unspecified atom stereocenters. The van der Waals surface area contributed by atoms with Gasteiger partial charge in [0.05, 0.1) is 11.9 Å². The van der Waals surface area contributed by atoms with Crippen molar-refractivity contribution in [2.75, 3.05) is 5.73 Å². The predicted molar refractivity (Wildman–Crippen MR) is 80.3 cm³/mol. The molecule has 20 heavy (non-hydrogen) atoms. The maximum Gasteiger partial charge on any atom is 0.130 e. The normalized spacial score (nSPS) is 10.9. The van der Waals surface area contributed by atoms with Crippen molar-refractivity contribution in [2.45, 2.75) is 0 Å². The molecule has 3 aromatic rings. The number of aryl methyl sites for hydroxylation is 2. The molecular weight excluding hydrogens is 274 g/mol. The van der Waals surface area contributed by atoms with Gasteiger partial charge in [0.1, 0.15) is 17.2 Å². The van der Waals surface area contributed by atoms with Crippen LogP contribution in [-0.2, 0) is 14.1 Å². The molecule has 0 saturated carbocycles. The SMILES string of the molecule is Cn1cnc(-c2nn(C)c(N)c2-c2ccccc2Cl)c1. The summed E-state index contributed by atoms with van der Waals surface area (Å²) in [7, 11) is 3.72. The Balaban J connectivity index is 2.28. The Morgan fingerprint density at radius 1 is 1.20 bits per heavy atom. The van der Waals surface area contributed by atoms with Crippen molar-refractivity contribution in [1.82, 2.24) is 19.3 Å². The molecule has 1 aromatic carbocycles. The third-order valence-electron chi connectivity index (χ3n) is 3.18. The fraction of sp³-hybridized carbons (Fsp3) is 0.143. The molecule has 0 spiro atoms. The highest BCUT2D eigenvalue weighted by molar-refractivity contribution is 6.33. The van der Waals surface area contributed by atoms with Gasteiger partial charge >= 0.3 is 0 Å². The van der Waals surface area contributed by atoms with Crippen LogP contribution in [0.15, 0.2) is 36.8 Å². The lowest BCUT2D eigenvalue weighted by molar-refractivity contribution is 0.781. The molecule has 2 N–H and O–H groups in total. The second-order valence-corrected chi connectivity index (χ2v) is 5.04. The molecule has 0 fully saturated rings. The van der Waals surface area contributed by atoms with E-state index in [4.69, 9.17) is 17.3 Å². The molecule has 0 aliphatic carbocycles. The zero-order valence-corrected chi connectivity index (χ0v) is 12.0. The number of hydrogen-bond acceptors (Lipinski definition) is 3. The first-order valence-electron chi connectivity index (χ1n) is 6.13. The lowest BCUT2D eigenvalue weighted by Gasteiger charge is -2.05. The molecule has 0 amide bonds. The molecule has 0 aliphatic heterocycles. The summed E-state index contributed by atoms with van der Waals surface area (Å²) in [5, 5.41) is 5.11. The van der Waals surface area contributed by atoms with E-state index in [1.54, 1.807) is 11.0 Å². The molecule has 0 radical (unpaired) electrons. The highest BCUT2D eigenvalue weighted by Gasteiger charge is 2.20. The molecule has 5 nitrogen and oxygen atoms in total. The van der Waals surface area contributed by atoms with E-state index >= 15 is 0 Å². The molecule has 2 heterocycles. The van der Waals surface area contributed by atoms with E-state index in [1.807, 2.05) is 49.1 Å². The first-order chi connectivity index (χ1) is 9.58. The molecule has 3 rings (SSSR count). The summed E-state index contributed by atoms with van der Waals surface area (Å²) < 4.78 is 3.51. The molecule has 6 heteroatoms. The van der Waals surface area contributed by atoms with Gasteiger partial charge in [-0.25, -0.2) is 4.98 Å². The zero-order valence-electron chi connectivity index (χ0n) is 11.2. The van der Waals surface area contributed by atoms with Gasteiger partial charge in [-0.1, -0.05) is 29.8 Å². The van der Waals surface area contributed by atoms with Crippen LogP contribution in [0.1, 0.15) is 0 Å². The smallest absolute Gasteiger partial charge is 0.130 e. The summed E-state index contributed by atoms with van der Waals surface area (Å²) in [5.74, 6) is 0.568. The van der Waals surface area contributed by atoms with Crippen molar-refractivity contribution in [3.63, 3.8) is 0 Å². The van der Waals surface area contributed by atoms with Crippen molar-refractivity contribution in [3.05, 3.63) is 41.8 Å². The Kier molecular flexibility index (Phi) is 2.99. The van der Waals surface area contributed by atoms with Gasteiger partial charge in [-0.2, -0.15) is 5.10 Å². The van der Waals surface area contributed by atoms with E-state index in [1.165, 1.54) is 0 Å². The van der Waals surface area contributed by atoms with E-state index in [0.717, 1.165) is 22.5 Å². The summed E-state index contributed by atoms with van der Waals surface area (Å²) in [4.78, 5) is 4.34. The van der Waals surface area contributed by atoms with Gasteiger partial charge in [-0.05, 0) is 6.07 Å². The van der Waals surface area contributed by atoms with E-state index in [-0.39, 0.29) is 0 Å². The van der Waals surface area contributed by atoms with Crippen molar-refractivity contribution in [3.8, 4) is 22.5 Å². The minimum atomic E-state index is 0.568. The van der Waals surface area contributed by atoms with Crippen LogP contribution in [0.5, 0.6) is 0 Å². The standard InChI is InChI=1S/C14H14ClN5/c1-19-7-11(17-8-19)13-12(14(16)20(2)18-13)9-5-3-4-6-10(9)15/h3-8H,16H2,1-2H3. The van der Waals surface area contributed by atoms with Gasteiger partial charge in [0, 0.05) is 30.9 Å². The minimum Gasteiger partial charge on any atom is -0.383 e. The number of benzene rings is 1. The predicted octanol–water partition coefficient (Wildman–Crippen LogP) is 2.72. The second kappa shape index (κ2) is 4.68. The molecule has 102 valence electrons. The summed E-state index contributed by atoms with van der Waals surface area (Å²) in [5.41, 5.74) is 9.34. The number of nitrogens with zero attached hydrogens (tertiary/aromatic N) is 4. The Morgan fingerprint density at radius 2 is 1.95 bits per heavy atom. The summed E-state index contributed by atoms with van der Waals surface area (Å²) in [6.45, 7) is 0. The molecule has 0 aliphatic rings. The van der Waals surface area contributed by atoms with Crippen LogP contribution in [0.2, 0.25) is 5.02 Å². The first-order valence-corrected chi connectivity index (χ1v) is 6.51. The maximum atomic E-state index is 6.29. The summed E-state index contributed by atoms with van der Waals surface area (Å²) >= 11 is 6.29. The van der Waals surface area contributed by atoms with Crippen molar-refractivity contribution < 1.29 is 0 Å². The number of nitrogens with two attached hydrogens (primary N) is 1. The Hall–Kier alpha value is -2.27. The van der Waals surface area contributed by atoms with Crippen molar-refractivity contribution in [2.24, 2.45) is 14.1 Å². The van der Waals surface area contributed by atoms with Crippen molar-refractivity contribution >= 4 is 17.4 Å². The monoisotopic (exact) mass is 287 g/mol. The largest absolute Gasteiger partial charge is 0.383 e. The number of halogens is 1. The molecule has 0 saturated heterocycles. The Labute approximate surface area is 121 Å². The van der Waals surface area contributed by atoms with E-state index < -0.39 is 0 Å². The number of aromatic nitrogens is 4. The Morgan fingerprint density at radius 3 is 2.60 bits per heavy atom. The van der Waals surface area contributed by atoms with Gasteiger partial charge < -0.3 is 10.3 Å². The van der Waals surface area contributed by atoms with Gasteiger partial charge in [0.2, 0.25) is 0 Å². The topological polar surface area (TPSA) is 61.7 Å². The van der Waals surface area contributed by atoms with Crippen molar-refractivity contribution in [1.29, 1.82) is 0 Å². The zero-order chi connectivity index (χ0) is 14.3. The summed E-state index contributed by atoms with van der Waals surface area (Å²) in [6.07, 6.45) is 3.64. The van der Waals surface area contributed by atoms with E-state index in [0.29, 0.717) is 10.8 Å². The first kappa shape index (κ1) is 12.7. The molecular formula is C14H14ClN5. The van der Waals surface area contributed by atoms with E-state index in [9.17, 15) is 0 Å². The average Bonchev–Trinajstić information content (AvgIpc) is 2.96. The van der Waals surface area contributed by atoms with E-state index in [2.05, 4.69) is 10.1 Å². The lowest BCUT2D eigenvalue weighted by Crippen LogP contribution is -1.98. The van der Waals surface area contributed by atoms with Gasteiger partial charge in [-0.3, -0.25) is 4.68 Å². The third kappa shape index (κ3) is 1.96. The number of hydrogen-bond donors (Lipinski definition) is 1. The third-order valence-corrected chi connectivity index (χ3v) is 3.51. The second-order valence-electron chi connectivity index (χ2n) is 4.64. The molecule has 0 atom stereocenters. The highest BCUT2D eigenvalue weighted by Crippen LogP contribution is 2.38. The van der Waals surface area contributed by atoms with Gasteiger partial charge in [0.25, 0.3) is 0 Å². The molecule has 2 aromatic heterocycles. The summed E-state index contributed by atoms with van der Waals surface area (Å²) in [6, 6.07) is 7.59. The minimum absolute atomic E-state index is 0.568. The van der Waals surface area contributed by atoms with Crippen LogP contribution in [0.3, 0.4) is 0 Å². The number of anilines is 1.